The molecule has 1 aliphatic carbocycles. The molecule has 1 aliphatic heterocycles. The first kappa shape index (κ1) is 19.0. The van der Waals surface area contributed by atoms with Crippen molar-refractivity contribution in [2.24, 2.45) is 5.92 Å². The van der Waals surface area contributed by atoms with Gasteiger partial charge < -0.3 is 5.01 Å². The third kappa shape index (κ3) is 3.80. The zero-order valence-electron chi connectivity index (χ0n) is 15.2. The molecule has 0 N–H and O–H groups in total. The highest BCUT2D eigenvalue weighted by Gasteiger charge is 2.43. The van der Waals surface area contributed by atoms with Gasteiger partial charge in [0.2, 0.25) is 0 Å². The van der Waals surface area contributed by atoms with Crippen LogP contribution in [0.2, 0.25) is 0 Å². The molecular weight excluding hydrogens is 341 g/mol. The molecule has 1 fully saturated rings. The van der Waals surface area contributed by atoms with Gasteiger partial charge in [0.05, 0.1) is 6.04 Å². The van der Waals surface area contributed by atoms with Crippen LogP contribution in [0.1, 0.15) is 60.5 Å². The molecule has 3 nitrogen and oxygen atoms in total. The summed E-state index contributed by atoms with van der Waals surface area (Å²) in [6.45, 7) is 0. The lowest BCUT2D eigenvalue weighted by molar-refractivity contribution is -0.125. The summed E-state index contributed by atoms with van der Waals surface area (Å²) >= 11 is 0. The highest BCUT2D eigenvalue weighted by Crippen LogP contribution is 2.39. The normalized spacial score (nSPS) is 23.0. The molecule has 1 aromatic carbocycles. The van der Waals surface area contributed by atoms with Crippen molar-refractivity contribution in [1.82, 2.24) is 10.0 Å². The Morgan fingerprint density at radius 3 is 2.08 bits per heavy atom. The molecule has 0 amide bonds. The first-order valence-corrected chi connectivity index (χ1v) is 9.18. The van der Waals surface area contributed by atoms with Crippen molar-refractivity contribution < 1.29 is 18.0 Å². The molecule has 1 aromatic rings. The molecule has 0 aromatic heterocycles. The van der Waals surface area contributed by atoms with Gasteiger partial charge in [0.15, 0.2) is 5.78 Å². The monoisotopic (exact) mass is 366 g/mol. The van der Waals surface area contributed by atoms with E-state index in [0.717, 1.165) is 36.3 Å². The zero-order valence-corrected chi connectivity index (χ0v) is 15.2. The van der Waals surface area contributed by atoms with Crippen LogP contribution in [-0.2, 0) is 0 Å². The molecule has 26 heavy (non-hydrogen) atoms. The molecular formula is C20H25F3N2O. The van der Waals surface area contributed by atoms with Crippen LogP contribution >= 0.6 is 0 Å². The van der Waals surface area contributed by atoms with Crippen molar-refractivity contribution in [2.75, 3.05) is 14.1 Å². The van der Waals surface area contributed by atoms with Gasteiger partial charge in [-0.05, 0) is 24.5 Å². The summed E-state index contributed by atoms with van der Waals surface area (Å²) in [7, 11) is 3.04. The highest BCUT2D eigenvalue weighted by atomic mass is 19.4. The Labute approximate surface area is 152 Å². The first-order valence-electron chi connectivity index (χ1n) is 9.18. The van der Waals surface area contributed by atoms with E-state index in [1.807, 2.05) is 0 Å². The highest BCUT2D eigenvalue weighted by molar-refractivity contribution is 5.97. The second-order valence-corrected chi connectivity index (χ2v) is 7.27. The van der Waals surface area contributed by atoms with Crippen LogP contribution in [0.15, 0.2) is 36.0 Å². The zero-order chi connectivity index (χ0) is 18.9. The number of carbonyl (C=O) groups is 1. The van der Waals surface area contributed by atoms with E-state index in [0.29, 0.717) is 5.56 Å². The number of nitrogens with zero attached hydrogens (tertiary/aromatic N) is 2. The molecule has 1 saturated carbocycles. The lowest BCUT2D eigenvalue weighted by Gasteiger charge is -2.29. The van der Waals surface area contributed by atoms with Crippen LogP contribution in [0.3, 0.4) is 0 Å². The van der Waals surface area contributed by atoms with Crippen molar-refractivity contribution in [3.8, 4) is 0 Å². The number of hydrogen-bond acceptors (Lipinski definition) is 3. The van der Waals surface area contributed by atoms with Crippen molar-refractivity contribution in [3.05, 3.63) is 47.2 Å². The summed E-state index contributed by atoms with van der Waals surface area (Å²) in [5.41, 5.74) is 0.745. The number of halogens is 3. The van der Waals surface area contributed by atoms with Crippen LogP contribution in [-0.4, -0.2) is 36.1 Å². The van der Waals surface area contributed by atoms with Gasteiger partial charge in [0.25, 0.3) is 0 Å². The Bertz CT molecular complexity index is 673. The standard InChI is InChI=1S/C20H25F3N2O/c1-24-17(13-18(25(24)2)20(21,22)23)14-9-11-16(12-10-14)19(26)15-7-5-3-4-6-8-15/h9-13,15,17H,3-8H2,1-2H3. The summed E-state index contributed by atoms with van der Waals surface area (Å²) in [5.74, 6) is 0.252. The first-order chi connectivity index (χ1) is 12.3. The number of hydrazine groups is 1. The molecule has 1 atom stereocenters. The summed E-state index contributed by atoms with van der Waals surface area (Å²) in [4.78, 5) is 12.7. The number of alkyl halides is 3. The Morgan fingerprint density at radius 2 is 1.58 bits per heavy atom. The summed E-state index contributed by atoms with van der Waals surface area (Å²) < 4.78 is 39.3. The van der Waals surface area contributed by atoms with Gasteiger partial charge in [-0.1, -0.05) is 49.9 Å². The minimum absolute atomic E-state index is 0.0837. The fourth-order valence-corrected chi connectivity index (χ4v) is 3.93. The topological polar surface area (TPSA) is 23.6 Å². The molecule has 2 aliphatic rings. The van der Waals surface area contributed by atoms with E-state index in [1.54, 1.807) is 36.3 Å². The maximum absolute atomic E-state index is 13.1. The van der Waals surface area contributed by atoms with E-state index < -0.39 is 17.9 Å². The minimum Gasteiger partial charge on any atom is -0.304 e. The molecule has 1 unspecified atom stereocenters. The van der Waals surface area contributed by atoms with Crippen molar-refractivity contribution in [2.45, 2.75) is 50.7 Å². The van der Waals surface area contributed by atoms with Gasteiger partial charge in [-0.25, -0.2) is 5.01 Å². The summed E-state index contributed by atoms with van der Waals surface area (Å²) in [5, 5.41) is 2.67. The van der Waals surface area contributed by atoms with Crippen LogP contribution in [0.5, 0.6) is 0 Å². The van der Waals surface area contributed by atoms with Crippen molar-refractivity contribution in [1.29, 1.82) is 0 Å². The smallest absolute Gasteiger partial charge is 0.304 e. The predicted molar refractivity (Wildman–Crippen MR) is 94.4 cm³/mol. The third-order valence-corrected chi connectivity index (χ3v) is 5.59. The maximum Gasteiger partial charge on any atom is 0.432 e. The molecule has 0 saturated heterocycles. The van der Waals surface area contributed by atoms with Gasteiger partial charge in [0.1, 0.15) is 5.70 Å². The third-order valence-electron chi connectivity index (χ3n) is 5.59. The van der Waals surface area contributed by atoms with Crippen LogP contribution in [0.25, 0.3) is 0 Å². The van der Waals surface area contributed by atoms with E-state index in [4.69, 9.17) is 0 Å². The number of carbonyl (C=O) groups excluding carboxylic acids is 1. The fraction of sp³-hybridized carbons (Fsp3) is 0.550. The molecule has 0 radical (unpaired) electrons. The Hall–Kier alpha value is -1.82. The summed E-state index contributed by atoms with van der Waals surface area (Å²) in [6, 6.07) is 6.58. The number of hydrogen-bond donors (Lipinski definition) is 0. The fourth-order valence-electron chi connectivity index (χ4n) is 3.93. The Morgan fingerprint density at radius 1 is 1.00 bits per heavy atom. The lowest BCUT2D eigenvalue weighted by atomic mass is 9.90. The van der Waals surface area contributed by atoms with Gasteiger partial charge in [-0.15, -0.1) is 0 Å². The molecule has 0 spiro atoms. The van der Waals surface area contributed by atoms with Gasteiger partial charge >= 0.3 is 6.18 Å². The lowest BCUT2D eigenvalue weighted by Crippen LogP contribution is -2.36. The number of allylic oxidation sites excluding steroid dienone is 1. The molecule has 1 heterocycles. The number of benzene rings is 1. The predicted octanol–water partition coefficient (Wildman–Crippen LogP) is 5.12. The van der Waals surface area contributed by atoms with Gasteiger partial charge in [0, 0.05) is 25.6 Å². The van der Waals surface area contributed by atoms with Crippen molar-refractivity contribution >= 4 is 5.78 Å². The van der Waals surface area contributed by atoms with Crippen molar-refractivity contribution in [3.63, 3.8) is 0 Å². The van der Waals surface area contributed by atoms with Crippen LogP contribution in [0.4, 0.5) is 13.2 Å². The minimum atomic E-state index is -4.38. The van der Waals surface area contributed by atoms with E-state index in [9.17, 15) is 18.0 Å². The average molecular weight is 366 g/mol. The number of rotatable bonds is 3. The molecule has 0 bridgehead atoms. The second-order valence-electron chi connectivity index (χ2n) is 7.27. The van der Waals surface area contributed by atoms with E-state index in [1.165, 1.54) is 26.0 Å². The summed E-state index contributed by atoms with van der Waals surface area (Å²) in [6.07, 6.45) is 3.30. The van der Waals surface area contributed by atoms with Gasteiger partial charge in [-0.3, -0.25) is 4.79 Å². The number of Topliss-reactive ketones (excluding diaryl/α,β-unsaturated/α-hetero) is 1. The van der Waals surface area contributed by atoms with Gasteiger partial charge in [-0.2, -0.15) is 13.2 Å². The SMILES string of the molecule is CN1C(C(F)(F)F)=CC(c2ccc(C(=O)C3CCCCCC3)cc2)N1C. The largest absolute Gasteiger partial charge is 0.432 e. The molecule has 3 rings (SSSR count). The molecule has 6 heteroatoms. The van der Waals surface area contributed by atoms with E-state index in [2.05, 4.69) is 0 Å². The van der Waals surface area contributed by atoms with E-state index in [-0.39, 0.29) is 11.7 Å². The Balaban J connectivity index is 1.77. The molecule has 142 valence electrons. The number of ketones is 1. The average Bonchev–Trinajstić information content (AvgIpc) is 2.80. The maximum atomic E-state index is 13.1. The van der Waals surface area contributed by atoms with Crippen LogP contribution in [0, 0.1) is 5.92 Å². The quantitative estimate of drug-likeness (QED) is 0.548. The second kappa shape index (κ2) is 7.43. The van der Waals surface area contributed by atoms with Crippen LogP contribution < -0.4 is 0 Å². The Kier molecular flexibility index (Phi) is 5.42. The number of likely N-dealkylation sites (N-methyl/N-ethyl adjacent to an activating group) is 1. The van der Waals surface area contributed by atoms with E-state index >= 15 is 0 Å².